The summed E-state index contributed by atoms with van der Waals surface area (Å²) in [4.78, 5) is 17.4. The predicted octanol–water partition coefficient (Wildman–Crippen LogP) is 1.25. The second-order valence-electron chi connectivity index (χ2n) is 6.94. The van der Waals surface area contributed by atoms with E-state index in [4.69, 9.17) is 11.1 Å². The van der Waals surface area contributed by atoms with Crippen molar-refractivity contribution in [2.24, 2.45) is 5.92 Å². The van der Waals surface area contributed by atoms with E-state index in [1.54, 1.807) is 6.07 Å². The molecule has 3 aliphatic heterocycles. The van der Waals surface area contributed by atoms with Gasteiger partial charge >= 0.3 is 0 Å². The molecule has 4 unspecified atom stereocenters. The van der Waals surface area contributed by atoms with E-state index in [9.17, 15) is 4.79 Å². The summed E-state index contributed by atoms with van der Waals surface area (Å²) in [6.45, 7) is 5.07. The van der Waals surface area contributed by atoms with Crippen molar-refractivity contribution in [3.05, 3.63) is 29.3 Å². The van der Waals surface area contributed by atoms with Crippen LogP contribution in [0.1, 0.15) is 24.0 Å². The lowest BCUT2D eigenvalue weighted by Crippen LogP contribution is -2.60. The number of carbonyl (C=O) groups excluding carboxylic acids is 1. The number of piperidine rings is 1. The lowest BCUT2D eigenvalue weighted by Gasteiger charge is -2.44. The number of piperazine rings is 1. The van der Waals surface area contributed by atoms with Gasteiger partial charge in [-0.1, -0.05) is 12.1 Å². The average Bonchev–Trinajstić information content (AvgIpc) is 2.62. The van der Waals surface area contributed by atoms with E-state index in [-0.39, 0.29) is 17.7 Å². The maximum atomic E-state index is 12.9. The van der Waals surface area contributed by atoms with Gasteiger partial charge in [-0.15, -0.1) is 0 Å². The number of carbonyl (C=O) groups is 1. The van der Waals surface area contributed by atoms with Crippen molar-refractivity contribution in [1.82, 2.24) is 9.80 Å². The standard InChI is InChI=1S/C17H22N4O/c1-10-2-3-13(14(18)6-10)16(19)17(22)21-12-7-11-4-5-20(8-12)9-15(11)21/h2-3,6,11-12,15,19H,4-5,7-9,18H2,1H3. The number of hydrogen-bond acceptors (Lipinski definition) is 4. The minimum absolute atomic E-state index is 0.0437. The molecule has 5 heteroatoms. The number of nitrogens with zero attached hydrogens (tertiary/aromatic N) is 2. The minimum atomic E-state index is -0.144. The molecule has 0 radical (unpaired) electrons. The van der Waals surface area contributed by atoms with Crippen LogP contribution < -0.4 is 5.73 Å². The van der Waals surface area contributed by atoms with Crippen LogP contribution in [0.3, 0.4) is 0 Å². The van der Waals surface area contributed by atoms with Gasteiger partial charge in [-0.25, -0.2) is 0 Å². The Morgan fingerprint density at radius 2 is 2.18 bits per heavy atom. The zero-order valence-electron chi connectivity index (χ0n) is 12.9. The summed E-state index contributed by atoms with van der Waals surface area (Å²) in [5, 5.41) is 8.34. The highest BCUT2D eigenvalue weighted by Gasteiger charge is 2.51. The minimum Gasteiger partial charge on any atom is -0.398 e. The molecule has 3 saturated heterocycles. The van der Waals surface area contributed by atoms with Crippen LogP contribution in [0, 0.1) is 18.3 Å². The van der Waals surface area contributed by atoms with Gasteiger partial charge in [-0.3, -0.25) is 15.1 Å². The number of fused-ring (bicyclic) bond motifs is 2. The van der Waals surface area contributed by atoms with E-state index >= 15 is 0 Å². The molecule has 1 aromatic rings. The third-order valence-electron chi connectivity index (χ3n) is 5.52. The molecular weight excluding hydrogens is 276 g/mol. The highest BCUT2D eigenvalue weighted by Crippen LogP contribution is 2.40. The third-order valence-corrected chi connectivity index (χ3v) is 5.52. The fraction of sp³-hybridized carbons (Fsp3) is 0.529. The molecular formula is C17H22N4O. The molecule has 22 heavy (non-hydrogen) atoms. The summed E-state index contributed by atoms with van der Waals surface area (Å²) < 4.78 is 0. The maximum Gasteiger partial charge on any atom is 0.273 e. The fourth-order valence-corrected chi connectivity index (χ4v) is 4.47. The molecule has 3 N–H and O–H groups in total. The summed E-state index contributed by atoms with van der Waals surface area (Å²) in [5.74, 6) is 0.477. The smallest absolute Gasteiger partial charge is 0.273 e. The van der Waals surface area contributed by atoms with Gasteiger partial charge in [0.15, 0.2) is 0 Å². The van der Waals surface area contributed by atoms with Crippen LogP contribution >= 0.6 is 0 Å². The first kappa shape index (κ1) is 13.8. The monoisotopic (exact) mass is 298 g/mol. The summed E-state index contributed by atoms with van der Waals surface area (Å²) in [5.41, 5.74) is 8.19. The van der Waals surface area contributed by atoms with Crippen LogP contribution in [-0.2, 0) is 4.79 Å². The van der Waals surface area contributed by atoms with Crippen LogP contribution in [0.25, 0.3) is 0 Å². The maximum absolute atomic E-state index is 12.9. The molecule has 3 fully saturated rings. The highest BCUT2D eigenvalue weighted by atomic mass is 16.2. The molecule has 3 bridgehead atoms. The van der Waals surface area contributed by atoms with E-state index < -0.39 is 0 Å². The molecule has 0 spiro atoms. The number of nitrogens with one attached hydrogen (secondary N) is 1. The first-order valence-electron chi connectivity index (χ1n) is 8.04. The Hall–Kier alpha value is -1.88. The quantitative estimate of drug-likeness (QED) is 0.637. The number of rotatable bonds is 2. The van der Waals surface area contributed by atoms with Gasteiger partial charge in [0.2, 0.25) is 0 Å². The summed E-state index contributed by atoms with van der Waals surface area (Å²) in [6.07, 6.45) is 2.29. The van der Waals surface area contributed by atoms with Crippen molar-refractivity contribution >= 4 is 17.3 Å². The molecule has 3 aliphatic rings. The number of nitrogens with two attached hydrogens (primary N) is 1. The van der Waals surface area contributed by atoms with Crippen LogP contribution in [0.15, 0.2) is 18.2 Å². The van der Waals surface area contributed by atoms with E-state index in [1.807, 2.05) is 24.0 Å². The second kappa shape index (κ2) is 4.81. The number of amides is 1. The number of nitrogen functional groups attached to an aromatic ring is 1. The van der Waals surface area contributed by atoms with E-state index in [0.717, 1.165) is 25.1 Å². The van der Waals surface area contributed by atoms with Crippen molar-refractivity contribution in [1.29, 1.82) is 5.41 Å². The average molecular weight is 298 g/mol. The Labute approximate surface area is 130 Å². The largest absolute Gasteiger partial charge is 0.398 e. The van der Waals surface area contributed by atoms with Crippen LogP contribution in [-0.4, -0.2) is 53.1 Å². The van der Waals surface area contributed by atoms with Crippen LogP contribution in [0.4, 0.5) is 5.69 Å². The lowest BCUT2D eigenvalue weighted by atomic mass is 9.93. The molecule has 3 heterocycles. The topological polar surface area (TPSA) is 73.4 Å². The van der Waals surface area contributed by atoms with Crippen molar-refractivity contribution in [2.45, 2.75) is 31.8 Å². The Bertz CT molecular complexity index is 652. The lowest BCUT2D eigenvalue weighted by molar-refractivity contribution is -0.131. The first-order chi connectivity index (χ1) is 10.5. The number of hydrogen-bond donors (Lipinski definition) is 2. The van der Waals surface area contributed by atoms with Gasteiger partial charge in [0.05, 0.1) is 0 Å². The molecule has 1 aromatic carbocycles. The van der Waals surface area contributed by atoms with Crippen LogP contribution in [0.2, 0.25) is 0 Å². The van der Waals surface area contributed by atoms with E-state index in [1.165, 1.54) is 13.0 Å². The Kier molecular flexibility index (Phi) is 3.01. The summed E-state index contributed by atoms with van der Waals surface area (Å²) >= 11 is 0. The molecule has 4 atom stereocenters. The van der Waals surface area contributed by atoms with Crippen LogP contribution in [0.5, 0.6) is 0 Å². The molecule has 0 saturated carbocycles. The summed E-state index contributed by atoms with van der Waals surface area (Å²) in [6, 6.07) is 6.12. The Morgan fingerprint density at radius 1 is 1.36 bits per heavy atom. The Morgan fingerprint density at radius 3 is 2.95 bits per heavy atom. The van der Waals surface area contributed by atoms with Gasteiger partial charge in [-0.05, 0) is 43.9 Å². The van der Waals surface area contributed by atoms with E-state index in [0.29, 0.717) is 23.2 Å². The first-order valence-corrected chi connectivity index (χ1v) is 8.04. The fourth-order valence-electron chi connectivity index (χ4n) is 4.47. The van der Waals surface area contributed by atoms with Crippen molar-refractivity contribution in [3.8, 4) is 0 Å². The van der Waals surface area contributed by atoms with Gasteiger partial charge < -0.3 is 10.6 Å². The number of aryl methyl sites for hydroxylation is 1. The zero-order chi connectivity index (χ0) is 15.4. The number of anilines is 1. The predicted molar refractivity (Wildman–Crippen MR) is 86.0 cm³/mol. The number of benzene rings is 1. The molecule has 116 valence electrons. The molecule has 0 aromatic heterocycles. The Balaban J connectivity index is 1.61. The molecule has 1 amide bonds. The van der Waals surface area contributed by atoms with Gasteiger partial charge in [0.1, 0.15) is 5.71 Å². The normalized spacial score (nSPS) is 32.3. The zero-order valence-corrected chi connectivity index (χ0v) is 12.9. The van der Waals surface area contributed by atoms with Crippen molar-refractivity contribution in [2.75, 3.05) is 25.4 Å². The highest BCUT2D eigenvalue weighted by molar-refractivity contribution is 6.45. The van der Waals surface area contributed by atoms with E-state index in [2.05, 4.69) is 4.90 Å². The van der Waals surface area contributed by atoms with Gasteiger partial charge in [0, 0.05) is 36.4 Å². The van der Waals surface area contributed by atoms with Gasteiger partial charge in [0.25, 0.3) is 5.91 Å². The summed E-state index contributed by atoms with van der Waals surface area (Å²) in [7, 11) is 0. The SMILES string of the molecule is Cc1ccc(C(=N)C(=O)N2C3CC4CCN(C3)CC42)c(N)c1. The molecule has 5 nitrogen and oxygen atoms in total. The van der Waals surface area contributed by atoms with Gasteiger partial charge in [-0.2, -0.15) is 0 Å². The molecule has 0 aliphatic carbocycles. The second-order valence-corrected chi connectivity index (χ2v) is 6.94. The van der Waals surface area contributed by atoms with Crippen molar-refractivity contribution < 1.29 is 4.79 Å². The molecule has 4 rings (SSSR count). The van der Waals surface area contributed by atoms with Crippen molar-refractivity contribution in [3.63, 3.8) is 0 Å². The third kappa shape index (κ3) is 1.96.